The van der Waals surface area contributed by atoms with E-state index in [9.17, 15) is 9.59 Å². The molecule has 1 aliphatic heterocycles. The molecule has 2 amide bonds. The van der Waals surface area contributed by atoms with Crippen molar-refractivity contribution in [3.8, 4) is 0 Å². The fourth-order valence-electron chi connectivity index (χ4n) is 2.36. The molecule has 1 atom stereocenters. The number of hydrogen-bond donors (Lipinski definition) is 3. The molecule has 2 heterocycles. The molecule has 1 fully saturated rings. The summed E-state index contributed by atoms with van der Waals surface area (Å²) in [6.45, 7) is 6.75. The van der Waals surface area contributed by atoms with E-state index in [1.54, 1.807) is 0 Å². The Morgan fingerprint density at radius 1 is 1.50 bits per heavy atom. The van der Waals surface area contributed by atoms with Gasteiger partial charge < -0.3 is 10.6 Å². The van der Waals surface area contributed by atoms with Gasteiger partial charge in [-0.3, -0.25) is 14.5 Å². The molecule has 1 aliphatic rings. The molecular weight excluding hydrogens is 286 g/mol. The Morgan fingerprint density at radius 3 is 3.00 bits per heavy atom. The fourth-order valence-corrected chi connectivity index (χ4v) is 2.36. The summed E-state index contributed by atoms with van der Waals surface area (Å²) in [7, 11) is 0. The van der Waals surface area contributed by atoms with Gasteiger partial charge in [-0.2, -0.15) is 5.21 Å². The normalized spacial score (nSPS) is 19.2. The number of amides is 2. The number of nitrogens with zero attached hydrogens (tertiary/aromatic N) is 4. The van der Waals surface area contributed by atoms with E-state index in [0.717, 1.165) is 19.5 Å². The van der Waals surface area contributed by atoms with Crippen LogP contribution in [-0.2, 0) is 16.1 Å². The molecule has 22 heavy (non-hydrogen) atoms. The molecule has 9 nitrogen and oxygen atoms in total. The highest BCUT2D eigenvalue weighted by atomic mass is 16.2. The molecule has 0 bridgehead atoms. The molecule has 0 spiro atoms. The Kier molecular flexibility index (Phi) is 5.82. The van der Waals surface area contributed by atoms with Gasteiger partial charge in [-0.15, -0.1) is 10.2 Å². The van der Waals surface area contributed by atoms with Gasteiger partial charge >= 0.3 is 0 Å². The van der Waals surface area contributed by atoms with E-state index in [4.69, 9.17) is 0 Å². The minimum atomic E-state index is -0.405. The Balaban J connectivity index is 1.85. The standard InChI is InChI=1S/C13H23N7O2/c1-9(2)3-5-20-6-4-14-13(22)10(20)7-12(21)15-8-11-16-18-19-17-11/h9-10H,3-8H2,1-2H3,(H,14,22)(H,15,21)(H,16,17,18,19)/t10-/m1/s1. The number of carbonyl (C=O) groups is 2. The van der Waals surface area contributed by atoms with Gasteiger partial charge in [0.2, 0.25) is 11.8 Å². The number of aromatic amines is 1. The van der Waals surface area contributed by atoms with Crippen LogP contribution in [0.15, 0.2) is 0 Å². The number of rotatable bonds is 7. The number of piperazine rings is 1. The van der Waals surface area contributed by atoms with E-state index in [2.05, 4.69) is 50.0 Å². The average Bonchev–Trinajstić information content (AvgIpc) is 2.99. The zero-order valence-electron chi connectivity index (χ0n) is 13.0. The van der Waals surface area contributed by atoms with Crippen molar-refractivity contribution >= 4 is 11.8 Å². The molecule has 0 unspecified atom stereocenters. The number of carbonyl (C=O) groups excluding carboxylic acids is 2. The van der Waals surface area contributed by atoms with Crippen LogP contribution in [0.4, 0.5) is 0 Å². The van der Waals surface area contributed by atoms with Crippen molar-refractivity contribution in [1.29, 1.82) is 0 Å². The number of aromatic nitrogens is 4. The summed E-state index contributed by atoms with van der Waals surface area (Å²) in [5.74, 6) is 0.710. The van der Waals surface area contributed by atoms with Crippen LogP contribution in [0.3, 0.4) is 0 Å². The molecule has 1 aromatic rings. The van der Waals surface area contributed by atoms with Crippen LogP contribution in [0.1, 0.15) is 32.5 Å². The van der Waals surface area contributed by atoms with Gasteiger partial charge in [0.05, 0.1) is 19.0 Å². The number of H-pyrrole nitrogens is 1. The largest absolute Gasteiger partial charge is 0.353 e. The maximum atomic E-state index is 12.0. The molecule has 2 rings (SSSR count). The summed E-state index contributed by atoms with van der Waals surface area (Å²) in [5, 5.41) is 18.8. The summed E-state index contributed by atoms with van der Waals surface area (Å²) in [5.41, 5.74) is 0. The smallest absolute Gasteiger partial charge is 0.237 e. The first-order valence-electron chi connectivity index (χ1n) is 7.57. The predicted octanol–water partition coefficient (Wildman–Crippen LogP) is -0.947. The lowest BCUT2D eigenvalue weighted by Gasteiger charge is -2.35. The van der Waals surface area contributed by atoms with Gasteiger partial charge in [0, 0.05) is 13.1 Å². The predicted molar refractivity (Wildman–Crippen MR) is 78.5 cm³/mol. The zero-order chi connectivity index (χ0) is 15.9. The molecule has 1 aromatic heterocycles. The molecule has 3 N–H and O–H groups in total. The van der Waals surface area contributed by atoms with Crippen molar-refractivity contribution in [3.05, 3.63) is 5.82 Å². The van der Waals surface area contributed by atoms with Crippen molar-refractivity contribution in [2.45, 2.75) is 39.3 Å². The van der Waals surface area contributed by atoms with Crippen molar-refractivity contribution in [1.82, 2.24) is 36.2 Å². The van der Waals surface area contributed by atoms with Gasteiger partial charge in [-0.1, -0.05) is 19.1 Å². The fraction of sp³-hybridized carbons (Fsp3) is 0.769. The van der Waals surface area contributed by atoms with E-state index in [1.807, 2.05) is 0 Å². The Bertz CT molecular complexity index is 489. The first kappa shape index (κ1) is 16.3. The topological polar surface area (TPSA) is 116 Å². The maximum Gasteiger partial charge on any atom is 0.237 e. The Labute approximate surface area is 129 Å². The summed E-state index contributed by atoms with van der Waals surface area (Å²) in [4.78, 5) is 26.2. The lowest BCUT2D eigenvalue weighted by Crippen LogP contribution is -2.56. The molecule has 9 heteroatoms. The van der Waals surface area contributed by atoms with E-state index >= 15 is 0 Å². The highest BCUT2D eigenvalue weighted by Gasteiger charge is 2.31. The quantitative estimate of drug-likeness (QED) is 0.598. The molecule has 0 aromatic carbocycles. The maximum absolute atomic E-state index is 12.0. The van der Waals surface area contributed by atoms with E-state index in [0.29, 0.717) is 18.3 Å². The Morgan fingerprint density at radius 2 is 2.32 bits per heavy atom. The molecule has 0 aliphatic carbocycles. The zero-order valence-corrected chi connectivity index (χ0v) is 13.0. The number of tetrazole rings is 1. The summed E-state index contributed by atoms with van der Waals surface area (Å²) < 4.78 is 0. The highest BCUT2D eigenvalue weighted by Crippen LogP contribution is 2.12. The van der Waals surface area contributed by atoms with Crippen LogP contribution >= 0.6 is 0 Å². The van der Waals surface area contributed by atoms with Crippen LogP contribution in [0.2, 0.25) is 0 Å². The third-order valence-corrected chi connectivity index (χ3v) is 3.65. The van der Waals surface area contributed by atoms with Crippen molar-refractivity contribution in [2.75, 3.05) is 19.6 Å². The molecular formula is C13H23N7O2. The first-order chi connectivity index (χ1) is 10.6. The van der Waals surface area contributed by atoms with E-state index in [1.165, 1.54) is 0 Å². The van der Waals surface area contributed by atoms with Crippen LogP contribution in [0.25, 0.3) is 0 Å². The monoisotopic (exact) mass is 309 g/mol. The van der Waals surface area contributed by atoms with E-state index in [-0.39, 0.29) is 24.8 Å². The van der Waals surface area contributed by atoms with Gasteiger partial charge in [0.1, 0.15) is 0 Å². The lowest BCUT2D eigenvalue weighted by molar-refractivity contribution is -0.134. The van der Waals surface area contributed by atoms with Gasteiger partial charge in [-0.25, -0.2) is 0 Å². The SMILES string of the molecule is CC(C)CCN1CCNC(=O)[C@H]1CC(=O)NCc1nn[nH]n1. The minimum Gasteiger partial charge on any atom is -0.353 e. The van der Waals surface area contributed by atoms with Crippen LogP contribution in [0, 0.1) is 5.92 Å². The third kappa shape index (κ3) is 4.76. The summed E-state index contributed by atoms with van der Waals surface area (Å²) in [6, 6.07) is -0.405. The number of hydrogen-bond acceptors (Lipinski definition) is 6. The van der Waals surface area contributed by atoms with Gasteiger partial charge in [0.15, 0.2) is 5.82 Å². The third-order valence-electron chi connectivity index (χ3n) is 3.65. The highest BCUT2D eigenvalue weighted by molar-refractivity contribution is 5.88. The van der Waals surface area contributed by atoms with Gasteiger partial charge in [0.25, 0.3) is 0 Å². The average molecular weight is 309 g/mol. The second-order valence-electron chi connectivity index (χ2n) is 5.83. The summed E-state index contributed by atoms with van der Waals surface area (Å²) >= 11 is 0. The van der Waals surface area contributed by atoms with Gasteiger partial charge in [-0.05, 0) is 18.9 Å². The van der Waals surface area contributed by atoms with E-state index < -0.39 is 6.04 Å². The minimum absolute atomic E-state index is 0.0790. The molecule has 122 valence electrons. The first-order valence-corrected chi connectivity index (χ1v) is 7.57. The molecule has 1 saturated heterocycles. The van der Waals surface area contributed by atoms with Crippen LogP contribution in [-0.4, -0.2) is 63.0 Å². The Hall–Kier alpha value is -2.03. The van der Waals surface area contributed by atoms with Crippen molar-refractivity contribution < 1.29 is 9.59 Å². The second kappa shape index (κ2) is 7.83. The van der Waals surface area contributed by atoms with Crippen LogP contribution in [0.5, 0.6) is 0 Å². The summed E-state index contributed by atoms with van der Waals surface area (Å²) in [6.07, 6.45) is 1.15. The number of nitrogens with one attached hydrogen (secondary N) is 3. The lowest BCUT2D eigenvalue weighted by atomic mass is 10.1. The molecule has 0 radical (unpaired) electrons. The molecule has 0 saturated carbocycles. The van der Waals surface area contributed by atoms with Crippen molar-refractivity contribution in [2.24, 2.45) is 5.92 Å². The van der Waals surface area contributed by atoms with Crippen molar-refractivity contribution in [3.63, 3.8) is 0 Å². The second-order valence-corrected chi connectivity index (χ2v) is 5.83. The van der Waals surface area contributed by atoms with Crippen LogP contribution < -0.4 is 10.6 Å².